The van der Waals surface area contributed by atoms with Gasteiger partial charge in [-0.1, -0.05) is 0 Å². The van der Waals surface area contributed by atoms with Gasteiger partial charge in [0.25, 0.3) is 11.7 Å². The Labute approximate surface area is 133 Å². The molecule has 0 unspecified atom stereocenters. The number of fused-ring (bicyclic) bond motifs is 1. The second-order valence-corrected chi connectivity index (χ2v) is 5.52. The fourth-order valence-electron chi connectivity index (χ4n) is 2.37. The maximum atomic E-state index is 12.6. The van der Waals surface area contributed by atoms with E-state index in [0.717, 1.165) is 11.4 Å². The molecule has 3 aromatic rings. The highest BCUT2D eigenvalue weighted by atomic mass is 16.3. The van der Waals surface area contributed by atoms with Crippen LogP contribution in [0.1, 0.15) is 27.6 Å². The van der Waals surface area contributed by atoms with E-state index in [1.54, 1.807) is 36.7 Å². The van der Waals surface area contributed by atoms with Crippen molar-refractivity contribution in [2.45, 2.75) is 20.8 Å². The third kappa shape index (κ3) is 2.61. The zero-order valence-electron chi connectivity index (χ0n) is 13.4. The molecule has 7 heteroatoms. The van der Waals surface area contributed by atoms with Crippen LogP contribution in [0.4, 0.5) is 5.69 Å². The number of hydrogen-bond acceptors (Lipinski definition) is 5. The van der Waals surface area contributed by atoms with Gasteiger partial charge in [0.2, 0.25) is 5.82 Å². The summed E-state index contributed by atoms with van der Waals surface area (Å²) in [6.45, 7) is 5.53. The van der Waals surface area contributed by atoms with Gasteiger partial charge < -0.3 is 10.0 Å². The summed E-state index contributed by atoms with van der Waals surface area (Å²) in [6.07, 6.45) is 0. The van der Waals surface area contributed by atoms with Crippen molar-refractivity contribution >= 4 is 17.4 Å². The monoisotopic (exact) mass is 311 g/mol. The largest absolute Gasteiger partial charge is 0.508 e. The smallest absolute Gasteiger partial charge is 0.297 e. The molecule has 1 N–H and O–H groups in total. The van der Waals surface area contributed by atoms with Gasteiger partial charge in [0.15, 0.2) is 0 Å². The fourth-order valence-corrected chi connectivity index (χ4v) is 2.37. The summed E-state index contributed by atoms with van der Waals surface area (Å²) >= 11 is 0. The number of benzene rings is 1. The van der Waals surface area contributed by atoms with Gasteiger partial charge in [-0.3, -0.25) is 4.79 Å². The lowest BCUT2D eigenvalue weighted by atomic mass is 10.2. The van der Waals surface area contributed by atoms with E-state index in [1.165, 1.54) is 4.90 Å². The molecule has 0 aliphatic rings. The first kappa shape index (κ1) is 15.0. The summed E-state index contributed by atoms with van der Waals surface area (Å²) in [5.74, 6) is 0.342. The van der Waals surface area contributed by atoms with Gasteiger partial charge in [-0.2, -0.15) is 4.98 Å². The maximum absolute atomic E-state index is 12.6. The molecule has 2 heterocycles. The lowest BCUT2D eigenvalue weighted by Gasteiger charge is -2.16. The number of nitrogens with zero attached hydrogens (tertiary/aromatic N) is 5. The van der Waals surface area contributed by atoms with E-state index in [9.17, 15) is 9.90 Å². The van der Waals surface area contributed by atoms with Crippen molar-refractivity contribution in [3.63, 3.8) is 0 Å². The van der Waals surface area contributed by atoms with Crippen LogP contribution in [0.3, 0.4) is 0 Å². The molecule has 0 saturated carbocycles. The molecule has 0 spiro atoms. The van der Waals surface area contributed by atoms with E-state index >= 15 is 0 Å². The first-order valence-electron chi connectivity index (χ1n) is 7.15. The molecule has 0 radical (unpaired) electrons. The summed E-state index contributed by atoms with van der Waals surface area (Å²) in [4.78, 5) is 22.6. The zero-order valence-corrected chi connectivity index (χ0v) is 13.4. The molecule has 118 valence electrons. The summed E-state index contributed by atoms with van der Waals surface area (Å²) < 4.78 is 1.55. The van der Waals surface area contributed by atoms with Crippen LogP contribution in [0.2, 0.25) is 0 Å². The van der Waals surface area contributed by atoms with Crippen molar-refractivity contribution in [1.29, 1.82) is 0 Å². The number of rotatable bonds is 2. The first-order valence-corrected chi connectivity index (χ1v) is 7.15. The SMILES string of the molecule is Cc1cc(C)n2nc(C(=O)N(C)c3ccc(O)c(C)c3)nc2n1. The van der Waals surface area contributed by atoms with Crippen LogP contribution < -0.4 is 4.90 Å². The molecule has 0 bridgehead atoms. The Kier molecular flexibility index (Phi) is 3.48. The number of amides is 1. The molecular weight excluding hydrogens is 294 g/mol. The Bertz CT molecular complexity index is 916. The molecule has 1 amide bonds. The molecule has 23 heavy (non-hydrogen) atoms. The highest BCUT2D eigenvalue weighted by Crippen LogP contribution is 2.23. The van der Waals surface area contributed by atoms with Gasteiger partial charge in [-0.15, -0.1) is 5.10 Å². The number of aromatic nitrogens is 4. The second-order valence-electron chi connectivity index (χ2n) is 5.52. The Balaban J connectivity index is 1.99. The number of phenolic OH excluding ortho intramolecular Hbond substituents is 1. The third-order valence-electron chi connectivity index (χ3n) is 3.68. The van der Waals surface area contributed by atoms with E-state index in [0.29, 0.717) is 17.0 Å². The summed E-state index contributed by atoms with van der Waals surface area (Å²) in [6, 6.07) is 6.84. The molecule has 2 aromatic heterocycles. The molecule has 0 aliphatic heterocycles. The molecule has 3 rings (SSSR count). The molecule has 0 fully saturated rings. The lowest BCUT2D eigenvalue weighted by Crippen LogP contribution is -2.27. The quantitative estimate of drug-likeness (QED) is 0.783. The topological polar surface area (TPSA) is 83.6 Å². The van der Waals surface area contributed by atoms with E-state index in [1.807, 2.05) is 19.9 Å². The Morgan fingerprint density at radius 1 is 1.17 bits per heavy atom. The predicted octanol–water partition coefficient (Wildman–Crippen LogP) is 2.03. The van der Waals surface area contributed by atoms with Crippen LogP contribution >= 0.6 is 0 Å². The highest BCUT2D eigenvalue weighted by Gasteiger charge is 2.20. The minimum absolute atomic E-state index is 0.0828. The standard InChI is InChI=1S/C16H17N5O2/c1-9-7-12(5-6-13(9)22)20(4)15(23)14-18-16-17-10(2)8-11(3)21(16)19-14/h5-8,22H,1-4H3. The van der Waals surface area contributed by atoms with Crippen LogP contribution in [0.25, 0.3) is 5.78 Å². The van der Waals surface area contributed by atoms with Crippen molar-refractivity contribution in [2.75, 3.05) is 11.9 Å². The van der Waals surface area contributed by atoms with Gasteiger partial charge in [-0.05, 0) is 50.6 Å². The van der Waals surface area contributed by atoms with Gasteiger partial charge in [0.05, 0.1) is 0 Å². The van der Waals surface area contributed by atoms with Crippen LogP contribution in [-0.4, -0.2) is 37.6 Å². The van der Waals surface area contributed by atoms with Crippen molar-refractivity contribution in [1.82, 2.24) is 19.6 Å². The summed E-state index contributed by atoms with van der Waals surface area (Å²) in [5.41, 5.74) is 3.04. The van der Waals surface area contributed by atoms with Crippen LogP contribution in [0.5, 0.6) is 5.75 Å². The van der Waals surface area contributed by atoms with Crippen molar-refractivity contribution in [2.24, 2.45) is 0 Å². The molecule has 0 atom stereocenters. The van der Waals surface area contributed by atoms with E-state index in [4.69, 9.17) is 0 Å². The molecular formula is C16H17N5O2. The second kappa shape index (κ2) is 5.35. The minimum Gasteiger partial charge on any atom is -0.508 e. The number of hydrogen-bond donors (Lipinski definition) is 1. The molecule has 0 aliphatic carbocycles. The Morgan fingerprint density at radius 2 is 1.91 bits per heavy atom. The predicted molar refractivity (Wildman–Crippen MR) is 85.8 cm³/mol. The highest BCUT2D eigenvalue weighted by molar-refractivity contribution is 6.03. The number of aromatic hydroxyl groups is 1. The van der Waals surface area contributed by atoms with E-state index in [-0.39, 0.29) is 17.5 Å². The van der Waals surface area contributed by atoms with Crippen LogP contribution in [0.15, 0.2) is 24.3 Å². The van der Waals surface area contributed by atoms with Gasteiger partial charge >= 0.3 is 0 Å². The number of carbonyl (C=O) groups is 1. The minimum atomic E-state index is -0.336. The first-order chi connectivity index (χ1) is 10.9. The number of phenols is 1. The van der Waals surface area contributed by atoms with Gasteiger partial charge in [0, 0.05) is 24.1 Å². The normalized spacial score (nSPS) is 11.0. The lowest BCUT2D eigenvalue weighted by molar-refractivity contribution is 0.0983. The van der Waals surface area contributed by atoms with Gasteiger partial charge in [0.1, 0.15) is 5.75 Å². The molecule has 1 aromatic carbocycles. The Hall–Kier alpha value is -2.96. The van der Waals surface area contributed by atoms with Crippen LogP contribution in [0, 0.1) is 20.8 Å². The molecule has 7 nitrogen and oxygen atoms in total. The number of aryl methyl sites for hydroxylation is 3. The number of anilines is 1. The maximum Gasteiger partial charge on any atom is 0.297 e. The van der Waals surface area contributed by atoms with Crippen molar-refractivity contribution in [3.8, 4) is 5.75 Å². The van der Waals surface area contributed by atoms with Crippen LogP contribution in [-0.2, 0) is 0 Å². The van der Waals surface area contributed by atoms with E-state index in [2.05, 4.69) is 15.1 Å². The average Bonchev–Trinajstić information content (AvgIpc) is 2.92. The summed E-state index contributed by atoms with van der Waals surface area (Å²) in [5, 5.41) is 13.8. The fraction of sp³-hybridized carbons (Fsp3) is 0.250. The van der Waals surface area contributed by atoms with Crippen molar-refractivity contribution in [3.05, 3.63) is 47.0 Å². The molecule has 0 saturated heterocycles. The van der Waals surface area contributed by atoms with E-state index < -0.39 is 0 Å². The number of carbonyl (C=O) groups excluding carboxylic acids is 1. The third-order valence-corrected chi connectivity index (χ3v) is 3.68. The average molecular weight is 311 g/mol. The Morgan fingerprint density at radius 3 is 2.61 bits per heavy atom. The van der Waals surface area contributed by atoms with Crippen molar-refractivity contribution < 1.29 is 9.90 Å². The van der Waals surface area contributed by atoms with Gasteiger partial charge in [-0.25, -0.2) is 9.50 Å². The zero-order chi connectivity index (χ0) is 16.7. The summed E-state index contributed by atoms with van der Waals surface area (Å²) in [7, 11) is 1.64.